The molecule has 1 saturated heterocycles. The van der Waals surface area contributed by atoms with E-state index < -0.39 is 6.04 Å². The summed E-state index contributed by atoms with van der Waals surface area (Å²) in [6.45, 7) is 0.592. The minimum absolute atomic E-state index is 0.138. The predicted octanol–water partition coefficient (Wildman–Crippen LogP) is 1.29. The number of benzene rings is 1. The molecular weight excluding hydrogens is 223 g/mol. The van der Waals surface area contributed by atoms with E-state index in [2.05, 4.69) is 0 Å². The number of halogens is 1. The molecule has 1 aromatic carbocycles. The summed E-state index contributed by atoms with van der Waals surface area (Å²) in [6, 6.07) is 3.65. The van der Waals surface area contributed by atoms with Crippen molar-refractivity contribution < 1.29 is 13.9 Å². The summed E-state index contributed by atoms with van der Waals surface area (Å²) in [6.07, 6.45) is 1.53. The fourth-order valence-corrected chi connectivity index (χ4v) is 2.02. The van der Waals surface area contributed by atoms with Gasteiger partial charge in [-0.25, -0.2) is 4.39 Å². The summed E-state index contributed by atoms with van der Waals surface area (Å²) in [5.41, 5.74) is 6.30. The number of nitrogens with zero attached hydrogens (tertiary/aromatic N) is 1. The first-order chi connectivity index (χ1) is 8.13. The zero-order chi connectivity index (χ0) is 12.4. The molecule has 1 unspecified atom stereocenters. The fraction of sp³-hybridized carbons (Fsp3) is 0.417. The molecule has 0 spiro atoms. The van der Waals surface area contributed by atoms with E-state index in [1.54, 1.807) is 11.0 Å². The molecule has 2 rings (SSSR count). The summed E-state index contributed by atoms with van der Waals surface area (Å²) < 4.78 is 18.2. The van der Waals surface area contributed by atoms with Gasteiger partial charge in [-0.15, -0.1) is 0 Å². The maximum Gasteiger partial charge on any atom is 0.244 e. The Morgan fingerprint density at radius 3 is 3.00 bits per heavy atom. The lowest BCUT2D eigenvalue weighted by Gasteiger charge is -2.31. The molecule has 4 nitrogen and oxygen atoms in total. The van der Waals surface area contributed by atoms with Crippen molar-refractivity contribution >= 4 is 11.6 Å². The Labute approximate surface area is 99.2 Å². The molecule has 0 radical (unpaired) electrons. The predicted molar refractivity (Wildman–Crippen MR) is 62.5 cm³/mol. The van der Waals surface area contributed by atoms with Gasteiger partial charge in [-0.05, 0) is 25.0 Å². The molecule has 1 heterocycles. The number of rotatable bonds is 2. The lowest BCUT2D eigenvalue weighted by atomic mass is 10.0. The molecule has 0 aromatic heterocycles. The molecule has 1 aliphatic heterocycles. The van der Waals surface area contributed by atoms with Crippen molar-refractivity contribution in [2.24, 2.45) is 5.73 Å². The van der Waals surface area contributed by atoms with Gasteiger partial charge in [0, 0.05) is 12.6 Å². The number of hydrogen-bond donors (Lipinski definition) is 1. The van der Waals surface area contributed by atoms with Crippen LogP contribution in [0.5, 0.6) is 5.75 Å². The average molecular weight is 238 g/mol. The molecule has 1 amide bonds. The van der Waals surface area contributed by atoms with E-state index >= 15 is 0 Å². The summed E-state index contributed by atoms with van der Waals surface area (Å²) in [5.74, 6) is -0.173. The number of ether oxygens (including phenoxy) is 1. The maximum absolute atomic E-state index is 13.1. The van der Waals surface area contributed by atoms with Gasteiger partial charge >= 0.3 is 0 Å². The molecule has 0 saturated carbocycles. The van der Waals surface area contributed by atoms with E-state index in [0.717, 1.165) is 6.42 Å². The highest BCUT2D eigenvalue weighted by atomic mass is 19.1. The monoisotopic (exact) mass is 238 g/mol. The number of anilines is 1. The van der Waals surface area contributed by atoms with E-state index in [1.165, 1.54) is 19.2 Å². The molecule has 1 aliphatic rings. The molecule has 1 aromatic rings. The number of methoxy groups -OCH3 is 1. The molecule has 17 heavy (non-hydrogen) atoms. The van der Waals surface area contributed by atoms with Crippen LogP contribution in [-0.2, 0) is 4.79 Å². The second-order valence-corrected chi connectivity index (χ2v) is 4.05. The third kappa shape index (κ3) is 2.24. The lowest BCUT2D eigenvalue weighted by Crippen LogP contribution is -2.48. The number of amides is 1. The number of piperidine rings is 1. The van der Waals surface area contributed by atoms with Crippen molar-refractivity contribution in [1.82, 2.24) is 0 Å². The Hall–Kier alpha value is -1.62. The number of carbonyl (C=O) groups excluding carboxylic acids is 1. The topological polar surface area (TPSA) is 55.6 Å². The highest BCUT2D eigenvalue weighted by Crippen LogP contribution is 2.31. The van der Waals surface area contributed by atoms with Crippen molar-refractivity contribution in [2.45, 2.75) is 18.9 Å². The van der Waals surface area contributed by atoms with E-state index in [4.69, 9.17) is 10.5 Å². The van der Waals surface area contributed by atoms with Crippen LogP contribution in [0.3, 0.4) is 0 Å². The molecule has 0 aliphatic carbocycles. The van der Waals surface area contributed by atoms with E-state index in [-0.39, 0.29) is 11.7 Å². The first-order valence-electron chi connectivity index (χ1n) is 5.54. The molecule has 0 bridgehead atoms. The Bertz CT molecular complexity index is 437. The largest absolute Gasteiger partial charge is 0.494 e. The Kier molecular flexibility index (Phi) is 3.28. The Balaban J connectivity index is 2.35. The van der Waals surface area contributed by atoms with Crippen molar-refractivity contribution in [3.63, 3.8) is 0 Å². The van der Waals surface area contributed by atoms with Crippen LogP contribution in [-0.4, -0.2) is 25.6 Å². The van der Waals surface area contributed by atoms with Crippen LogP contribution in [0.2, 0.25) is 0 Å². The van der Waals surface area contributed by atoms with Gasteiger partial charge < -0.3 is 15.4 Å². The van der Waals surface area contributed by atoms with Crippen molar-refractivity contribution in [3.05, 3.63) is 24.0 Å². The van der Waals surface area contributed by atoms with Gasteiger partial charge in [0.05, 0.1) is 18.8 Å². The summed E-state index contributed by atoms with van der Waals surface area (Å²) >= 11 is 0. The second-order valence-electron chi connectivity index (χ2n) is 4.05. The number of hydrogen-bond acceptors (Lipinski definition) is 3. The lowest BCUT2D eigenvalue weighted by molar-refractivity contribution is -0.120. The standard InChI is InChI=1S/C12H15FN2O2/c1-17-11-7-8(13)4-5-10(11)15-6-2-3-9(14)12(15)16/h4-5,7,9H,2-3,6,14H2,1H3. The molecule has 1 fully saturated rings. The smallest absolute Gasteiger partial charge is 0.244 e. The highest BCUT2D eigenvalue weighted by molar-refractivity contribution is 5.98. The second kappa shape index (κ2) is 4.71. The SMILES string of the molecule is COc1cc(F)ccc1N1CCCC(N)C1=O. The Morgan fingerprint density at radius 1 is 1.53 bits per heavy atom. The van der Waals surface area contributed by atoms with Crippen molar-refractivity contribution in [2.75, 3.05) is 18.6 Å². The number of carbonyl (C=O) groups is 1. The zero-order valence-corrected chi connectivity index (χ0v) is 9.65. The van der Waals surface area contributed by atoms with Crippen LogP contribution >= 0.6 is 0 Å². The van der Waals surface area contributed by atoms with Crippen LogP contribution in [0.1, 0.15) is 12.8 Å². The van der Waals surface area contributed by atoms with Gasteiger partial charge in [0.1, 0.15) is 11.6 Å². The van der Waals surface area contributed by atoms with Gasteiger partial charge in [0.2, 0.25) is 5.91 Å². The molecule has 5 heteroatoms. The van der Waals surface area contributed by atoms with Crippen molar-refractivity contribution in [1.29, 1.82) is 0 Å². The van der Waals surface area contributed by atoms with E-state index in [1.807, 2.05) is 0 Å². The Morgan fingerprint density at radius 2 is 2.29 bits per heavy atom. The van der Waals surface area contributed by atoms with Gasteiger partial charge in [-0.1, -0.05) is 0 Å². The molecular formula is C12H15FN2O2. The molecule has 2 N–H and O–H groups in total. The quantitative estimate of drug-likeness (QED) is 0.844. The zero-order valence-electron chi connectivity index (χ0n) is 9.65. The summed E-state index contributed by atoms with van der Waals surface area (Å²) in [4.78, 5) is 13.5. The van der Waals surface area contributed by atoms with Gasteiger partial charge in [0.25, 0.3) is 0 Å². The number of nitrogens with two attached hydrogens (primary N) is 1. The van der Waals surface area contributed by atoms with E-state index in [9.17, 15) is 9.18 Å². The van der Waals surface area contributed by atoms with Crippen LogP contribution in [0, 0.1) is 5.82 Å². The molecule has 92 valence electrons. The van der Waals surface area contributed by atoms with Gasteiger partial charge in [0.15, 0.2) is 0 Å². The van der Waals surface area contributed by atoms with Crippen LogP contribution in [0.15, 0.2) is 18.2 Å². The summed E-state index contributed by atoms with van der Waals surface area (Å²) in [7, 11) is 1.45. The minimum Gasteiger partial charge on any atom is -0.494 e. The first kappa shape index (κ1) is 11.9. The highest BCUT2D eigenvalue weighted by Gasteiger charge is 2.28. The minimum atomic E-state index is -0.474. The van der Waals surface area contributed by atoms with Crippen molar-refractivity contribution in [3.8, 4) is 5.75 Å². The first-order valence-corrected chi connectivity index (χ1v) is 5.54. The third-order valence-corrected chi connectivity index (χ3v) is 2.91. The molecule has 1 atom stereocenters. The third-order valence-electron chi connectivity index (χ3n) is 2.91. The fourth-order valence-electron chi connectivity index (χ4n) is 2.02. The summed E-state index contributed by atoms with van der Waals surface area (Å²) in [5, 5.41) is 0. The average Bonchev–Trinajstić information content (AvgIpc) is 2.33. The van der Waals surface area contributed by atoms with Gasteiger partial charge in [-0.2, -0.15) is 0 Å². The van der Waals surface area contributed by atoms with E-state index in [0.29, 0.717) is 24.4 Å². The maximum atomic E-state index is 13.1. The van der Waals surface area contributed by atoms with Crippen LogP contribution in [0.4, 0.5) is 10.1 Å². The van der Waals surface area contributed by atoms with Gasteiger partial charge in [-0.3, -0.25) is 4.79 Å². The van der Waals surface area contributed by atoms with Crippen LogP contribution < -0.4 is 15.4 Å². The normalized spacial score (nSPS) is 20.5. The van der Waals surface area contributed by atoms with Crippen LogP contribution in [0.25, 0.3) is 0 Å².